The number of rotatable bonds is 5. The molecule has 2 unspecified atom stereocenters. The van der Waals surface area contributed by atoms with Crippen LogP contribution in [0.15, 0.2) is 18.2 Å². The Morgan fingerprint density at radius 1 is 1.39 bits per heavy atom. The van der Waals surface area contributed by atoms with E-state index in [1.807, 2.05) is 36.9 Å². The number of nitrogens with two attached hydrogens (primary N) is 1. The van der Waals surface area contributed by atoms with E-state index in [1.54, 1.807) is 0 Å². The van der Waals surface area contributed by atoms with E-state index < -0.39 is 0 Å². The molecule has 2 atom stereocenters. The van der Waals surface area contributed by atoms with Crippen molar-refractivity contribution in [3.05, 3.63) is 18.2 Å². The van der Waals surface area contributed by atoms with E-state index >= 15 is 0 Å². The molecular formula is C14H22N2OS. The van der Waals surface area contributed by atoms with Crippen molar-refractivity contribution in [2.45, 2.75) is 37.5 Å². The molecule has 1 fully saturated rings. The highest BCUT2D eigenvalue weighted by atomic mass is 32.2. The summed E-state index contributed by atoms with van der Waals surface area (Å²) < 4.78 is 5.52. The molecule has 1 aliphatic carbocycles. The molecule has 18 heavy (non-hydrogen) atoms. The summed E-state index contributed by atoms with van der Waals surface area (Å²) in [6.07, 6.45) is 6.04. The second-order valence-electron chi connectivity index (χ2n) is 4.68. The van der Waals surface area contributed by atoms with E-state index in [2.05, 4.69) is 11.6 Å². The molecule has 0 bridgehead atoms. The molecule has 100 valence electrons. The molecule has 0 amide bonds. The minimum absolute atomic E-state index is 0.552. The molecular weight excluding hydrogens is 244 g/mol. The zero-order chi connectivity index (χ0) is 13.0. The van der Waals surface area contributed by atoms with Crippen LogP contribution in [0.2, 0.25) is 0 Å². The van der Waals surface area contributed by atoms with Crippen LogP contribution in [0.25, 0.3) is 0 Å². The molecule has 1 aromatic rings. The van der Waals surface area contributed by atoms with E-state index in [0.29, 0.717) is 17.9 Å². The van der Waals surface area contributed by atoms with Gasteiger partial charge in [0.1, 0.15) is 5.75 Å². The van der Waals surface area contributed by atoms with Crippen LogP contribution in [0.3, 0.4) is 0 Å². The zero-order valence-corrected chi connectivity index (χ0v) is 11.9. The summed E-state index contributed by atoms with van der Waals surface area (Å²) in [5.74, 6) is 0.846. The van der Waals surface area contributed by atoms with E-state index in [9.17, 15) is 0 Å². The lowest BCUT2D eigenvalue weighted by atomic mass is 10.2. The molecule has 0 radical (unpaired) electrons. The molecule has 0 saturated heterocycles. The summed E-state index contributed by atoms with van der Waals surface area (Å²) in [5, 5.41) is 4.31. The fourth-order valence-corrected chi connectivity index (χ4v) is 3.48. The zero-order valence-electron chi connectivity index (χ0n) is 11.1. The number of benzene rings is 1. The smallest absolute Gasteiger partial charge is 0.123 e. The van der Waals surface area contributed by atoms with Crippen LogP contribution in [0.1, 0.15) is 26.2 Å². The standard InChI is InChI=1S/C14H22N2OS/c1-3-17-12-8-10(15)7-11(9-12)16-13-5-4-6-14(13)18-2/h7-9,13-14,16H,3-6,15H2,1-2H3. The highest BCUT2D eigenvalue weighted by Crippen LogP contribution is 2.32. The Bertz CT molecular complexity index is 397. The maximum Gasteiger partial charge on any atom is 0.123 e. The van der Waals surface area contributed by atoms with Crippen molar-refractivity contribution in [1.82, 2.24) is 0 Å². The van der Waals surface area contributed by atoms with Gasteiger partial charge in [-0.2, -0.15) is 11.8 Å². The maximum atomic E-state index is 5.91. The van der Waals surface area contributed by atoms with Crippen molar-refractivity contribution in [3.63, 3.8) is 0 Å². The molecule has 1 aliphatic rings. The number of hydrogen-bond donors (Lipinski definition) is 2. The Morgan fingerprint density at radius 3 is 2.94 bits per heavy atom. The Kier molecular flexibility index (Phi) is 4.64. The molecule has 3 nitrogen and oxygen atoms in total. The van der Waals surface area contributed by atoms with Gasteiger partial charge < -0.3 is 15.8 Å². The predicted octanol–water partition coefficient (Wildman–Crippen LogP) is 3.36. The first-order valence-electron chi connectivity index (χ1n) is 6.55. The van der Waals surface area contributed by atoms with Crippen LogP contribution < -0.4 is 15.8 Å². The second-order valence-corrected chi connectivity index (χ2v) is 5.76. The van der Waals surface area contributed by atoms with Crippen LogP contribution >= 0.6 is 11.8 Å². The highest BCUT2D eigenvalue weighted by molar-refractivity contribution is 7.99. The molecule has 0 aliphatic heterocycles. The number of nitrogen functional groups attached to an aromatic ring is 1. The SMILES string of the molecule is CCOc1cc(N)cc(NC2CCCC2SC)c1. The minimum atomic E-state index is 0.552. The number of thioether (sulfide) groups is 1. The summed E-state index contributed by atoms with van der Waals surface area (Å²) in [7, 11) is 0. The van der Waals surface area contributed by atoms with E-state index in [0.717, 1.165) is 17.1 Å². The molecule has 0 spiro atoms. The van der Waals surface area contributed by atoms with Gasteiger partial charge in [0, 0.05) is 34.8 Å². The number of hydrogen-bond acceptors (Lipinski definition) is 4. The van der Waals surface area contributed by atoms with Crippen LogP contribution in [0.4, 0.5) is 11.4 Å². The second kappa shape index (κ2) is 6.23. The van der Waals surface area contributed by atoms with Crippen LogP contribution in [-0.4, -0.2) is 24.2 Å². The van der Waals surface area contributed by atoms with Gasteiger partial charge in [-0.1, -0.05) is 6.42 Å². The topological polar surface area (TPSA) is 47.3 Å². The first-order chi connectivity index (χ1) is 8.72. The Morgan fingerprint density at radius 2 is 2.22 bits per heavy atom. The van der Waals surface area contributed by atoms with Crippen molar-refractivity contribution in [2.24, 2.45) is 0 Å². The van der Waals surface area contributed by atoms with Crippen LogP contribution in [0.5, 0.6) is 5.75 Å². The van der Waals surface area contributed by atoms with Gasteiger partial charge in [0.05, 0.1) is 6.61 Å². The molecule has 4 heteroatoms. The van der Waals surface area contributed by atoms with E-state index in [-0.39, 0.29) is 0 Å². The molecule has 0 aromatic heterocycles. The summed E-state index contributed by atoms with van der Waals surface area (Å²) in [6, 6.07) is 6.44. The lowest BCUT2D eigenvalue weighted by molar-refractivity contribution is 0.340. The maximum absolute atomic E-state index is 5.91. The number of nitrogens with one attached hydrogen (secondary N) is 1. The van der Waals surface area contributed by atoms with Gasteiger partial charge in [-0.3, -0.25) is 0 Å². The fourth-order valence-electron chi connectivity index (χ4n) is 2.54. The van der Waals surface area contributed by atoms with Crippen molar-refractivity contribution in [3.8, 4) is 5.75 Å². The van der Waals surface area contributed by atoms with Crippen LogP contribution in [0, 0.1) is 0 Å². The molecule has 2 rings (SSSR count). The molecule has 3 N–H and O–H groups in total. The Hall–Kier alpha value is -1.03. The molecule has 0 heterocycles. The summed E-state index contributed by atoms with van der Waals surface area (Å²) >= 11 is 1.95. The van der Waals surface area contributed by atoms with Gasteiger partial charge in [0.15, 0.2) is 0 Å². The fraction of sp³-hybridized carbons (Fsp3) is 0.571. The van der Waals surface area contributed by atoms with Gasteiger partial charge >= 0.3 is 0 Å². The van der Waals surface area contributed by atoms with E-state index in [1.165, 1.54) is 19.3 Å². The van der Waals surface area contributed by atoms with Gasteiger partial charge in [-0.05, 0) is 32.1 Å². The third kappa shape index (κ3) is 3.25. The summed E-state index contributed by atoms with van der Waals surface area (Å²) in [5.41, 5.74) is 7.73. The lowest BCUT2D eigenvalue weighted by Crippen LogP contribution is -2.25. The van der Waals surface area contributed by atoms with Gasteiger partial charge in [-0.15, -0.1) is 0 Å². The van der Waals surface area contributed by atoms with Crippen molar-refractivity contribution < 1.29 is 4.74 Å². The van der Waals surface area contributed by atoms with E-state index in [4.69, 9.17) is 10.5 Å². The van der Waals surface area contributed by atoms with Gasteiger partial charge in [-0.25, -0.2) is 0 Å². The Labute approximate surface area is 113 Å². The summed E-state index contributed by atoms with van der Waals surface area (Å²) in [4.78, 5) is 0. The van der Waals surface area contributed by atoms with Crippen molar-refractivity contribution >= 4 is 23.1 Å². The normalized spacial score (nSPS) is 23.0. The first-order valence-corrected chi connectivity index (χ1v) is 7.84. The average Bonchev–Trinajstić information content (AvgIpc) is 2.76. The third-order valence-electron chi connectivity index (χ3n) is 3.35. The van der Waals surface area contributed by atoms with Gasteiger partial charge in [0.25, 0.3) is 0 Å². The predicted molar refractivity (Wildman–Crippen MR) is 80.6 cm³/mol. The first kappa shape index (κ1) is 13.4. The average molecular weight is 266 g/mol. The Balaban J connectivity index is 2.08. The quantitative estimate of drug-likeness (QED) is 0.802. The van der Waals surface area contributed by atoms with Gasteiger partial charge in [0.2, 0.25) is 0 Å². The van der Waals surface area contributed by atoms with Crippen LogP contribution in [-0.2, 0) is 0 Å². The third-order valence-corrected chi connectivity index (χ3v) is 4.52. The number of anilines is 2. The highest BCUT2D eigenvalue weighted by Gasteiger charge is 2.26. The number of ether oxygens (including phenoxy) is 1. The molecule has 1 aromatic carbocycles. The monoisotopic (exact) mass is 266 g/mol. The molecule has 1 saturated carbocycles. The van der Waals surface area contributed by atoms with Crippen molar-refractivity contribution in [2.75, 3.05) is 23.9 Å². The largest absolute Gasteiger partial charge is 0.494 e. The lowest BCUT2D eigenvalue weighted by Gasteiger charge is -2.21. The summed E-state index contributed by atoms with van der Waals surface area (Å²) in [6.45, 7) is 2.65. The van der Waals surface area contributed by atoms with Crippen molar-refractivity contribution in [1.29, 1.82) is 0 Å². The minimum Gasteiger partial charge on any atom is -0.494 e.